The summed E-state index contributed by atoms with van der Waals surface area (Å²) in [5.41, 5.74) is 0. The maximum absolute atomic E-state index is 11.0. The van der Waals surface area contributed by atoms with Gasteiger partial charge < -0.3 is 15.3 Å². The van der Waals surface area contributed by atoms with Crippen LogP contribution >= 0.6 is 0 Å². The van der Waals surface area contributed by atoms with E-state index in [0.717, 1.165) is 19.5 Å². The molecule has 1 amide bonds. The van der Waals surface area contributed by atoms with Gasteiger partial charge in [-0.05, 0) is 18.9 Å². The van der Waals surface area contributed by atoms with Crippen LogP contribution in [0.3, 0.4) is 0 Å². The first kappa shape index (κ1) is 11.5. The Balaban J connectivity index is 2.23. The molecule has 0 saturated carbocycles. The van der Waals surface area contributed by atoms with Crippen LogP contribution < -0.4 is 5.32 Å². The lowest BCUT2D eigenvalue weighted by molar-refractivity contribution is -0.121. The van der Waals surface area contributed by atoms with Crippen LogP contribution in [0.4, 0.5) is 0 Å². The van der Waals surface area contributed by atoms with Crippen LogP contribution in [-0.2, 0) is 4.79 Å². The largest absolute Gasteiger partial charge is 0.392 e. The van der Waals surface area contributed by atoms with E-state index >= 15 is 0 Å². The van der Waals surface area contributed by atoms with E-state index in [9.17, 15) is 9.90 Å². The number of carbonyl (C=O) groups is 1. The number of aliphatic hydroxyl groups is 1. The first-order valence-electron chi connectivity index (χ1n) is 5.24. The molecule has 4 heteroatoms. The van der Waals surface area contributed by atoms with Crippen molar-refractivity contribution in [3.63, 3.8) is 0 Å². The van der Waals surface area contributed by atoms with Gasteiger partial charge in [0.05, 0.1) is 6.10 Å². The lowest BCUT2D eigenvalue weighted by atomic mass is 9.96. The zero-order valence-electron chi connectivity index (χ0n) is 8.99. The summed E-state index contributed by atoms with van der Waals surface area (Å²) in [4.78, 5) is 13.2. The molecule has 1 aliphatic heterocycles. The second kappa shape index (κ2) is 5.32. The van der Waals surface area contributed by atoms with Crippen molar-refractivity contribution in [1.29, 1.82) is 0 Å². The predicted octanol–water partition coefficient (Wildman–Crippen LogP) is -0.175. The highest BCUT2D eigenvalue weighted by molar-refractivity contribution is 5.75. The molecule has 0 aliphatic carbocycles. The summed E-state index contributed by atoms with van der Waals surface area (Å²) >= 11 is 0. The van der Waals surface area contributed by atoms with Crippen LogP contribution in [-0.4, -0.2) is 48.7 Å². The highest BCUT2D eigenvalue weighted by Gasteiger charge is 2.23. The number of aliphatic hydroxyl groups excluding tert-OH is 1. The lowest BCUT2D eigenvalue weighted by Gasteiger charge is -2.33. The fourth-order valence-corrected chi connectivity index (χ4v) is 1.70. The molecule has 2 N–H and O–H groups in total. The zero-order chi connectivity index (χ0) is 10.6. The second-order valence-electron chi connectivity index (χ2n) is 4.06. The van der Waals surface area contributed by atoms with E-state index in [2.05, 4.69) is 17.1 Å². The van der Waals surface area contributed by atoms with Gasteiger partial charge in [-0.2, -0.15) is 0 Å². The first-order chi connectivity index (χ1) is 6.63. The van der Waals surface area contributed by atoms with E-state index in [1.807, 2.05) is 0 Å². The molecule has 0 spiro atoms. The number of hydrogen-bond acceptors (Lipinski definition) is 3. The molecule has 1 fully saturated rings. The molecule has 2 atom stereocenters. The summed E-state index contributed by atoms with van der Waals surface area (Å²) in [6.07, 6.45) is 1.32. The van der Waals surface area contributed by atoms with Gasteiger partial charge in [-0.1, -0.05) is 6.92 Å². The standard InChI is InChI=1S/C10H20N2O2/c1-8-3-5-12(7-9(8)13)6-4-10(14)11-2/h8-9,13H,3-7H2,1-2H3,(H,11,14). The minimum Gasteiger partial charge on any atom is -0.392 e. The molecule has 0 bridgehead atoms. The summed E-state index contributed by atoms with van der Waals surface area (Å²) in [7, 11) is 1.65. The summed E-state index contributed by atoms with van der Waals surface area (Å²) in [6.45, 7) is 4.53. The minimum absolute atomic E-state index is 0.0677. The minimum atomic E-state index is -0.228. The van der Waals surface area contributed by atoms with Gasteiger partial charge >= 0.3 is 0 Å². The molecule has 0 aromatic heterocycles. The summed E-state index contributed by atoms with van der Waals surface area (Å²) in [6, 6.07) is 0. The third-order valence-electron chi connectivity index (χ3n) is 2.94. The summed E-state index contributed by atoms with van der Waals surface area (Å²) in [5, 5.41) is 12.2. The summed E-state index contributed by atoms with van der Waals surface area (Å²) < 4.78 is 0. The highest BCUT2D eigenvalue weighted by atomic mass is 16.3. The van der Waals surface area contributed by atoms with E-state index in [-0.39, 0.29) is 12.0 Å². The number of nitrogens with one attached hydrogen (secondary N) is 1. The van der Waals surface area contributed by atoms with Crippen LogP contribution in [0.1, 0.15) is 19.8 Å². The molecular weight excluding hydrogens is 180 g/mol. The molecule has 1 heterocycles. The molecule has 14 heavy (non-hydrogen) atoms. The zero-order valence-corrected chi connectivity index (χ0v) is 8.99. The highest BCUT2D eigenvalue weighted by Crippen LogP contribution is 2.16. The third-order valence-corrected chi connectivity index (χ3v) is 2.94. The summed E-state index contributed by atoms with van der Waals surface area (Å²) in [5.74, 6) is 0.462. The Morgan fingerprint density at radius 3 is 2.93 bits per heavy atom. The Bertz CT molecular complexity index is 197. The van der Waals surface area contributed by atoms with E-state index in [0.29, 0.717) is 18.9 Å². The average molecular weight is 200 g/mol. The van der Waals surface area contributed by atoms with E-state index in [4.69, 9.17) is 0 Å². The number of amides is 1. The number of β-amino-alcohol motifs (C(OH)–C–C–N with tert-alkyl or cyclic N) is 1. The monoisotopic (exact) mass is 200 g/mol. The maximum atomic E-state index is 11.0. The van der Waals surface area contributed by atoms with Crippen molar-refractivity contribution in [3.8, 4) is 0 Å². The van der Waals surface area contributed by atoms with Gasteiger partial charge in [-0.25, -0.2) is 0 Å². The predicted molar refractivity (Wildman–Crippen MR) is 54.9 cm³/mol. The van der Waals surface area contributed by atoms with Crippen molar-refractivity contribution in [2.24, 2.45) is 5.92 Å². The molecule has 1 aliphatic rings. The number of nitrogens with zero attached hydrogens (tertiary/aromatic N) is 1. The fourth-order valence-electron chi connectivity index (χ4n) is 1.70. The Hall–Kier alpha value is -0.610. The Kier molecular flexibility index (Phi) is 4.35. The molecule has 82 valence electrons. The molecule has 4 nitrogen and oxygen atoms in total. The number of carbonyl (C=O) groups excluding carboxylic acids is 1. The van der Waals surface area contributed by atoms with E-state index in [1.165, 1.54) is 0 Å². The van der Waals surface area contributed by atoms with Gasteiger partial charge in [0.15, 0.2) is 0 Å². The van der Waals surface area contributed by atoms with Gasteiger partial charge in [-0.15, -0.1) is 0 Å². The molecular formula is C10H20N2O2. The third kappa shape index (κ3) is 3.27. The topological polar surface area (TPSA) is 52.6 Å². The SMILES string of the molecule is CNC(=O)CCN1CCC(C)C(O)C1. The number of hydrogen-bond donors (Lipinski definition) is 2. The molecule has 0 aromatic carbocycles. The lowest BCUT2D eigenvalue weighted by Crippen LogP contribution is -2.43. The first-order valence-corrected chi connectivity index (χ1v) is 5.24. The molecule has 1 rings (SSSR count). The smallest absolute Gasteiger partial charge is 0.221 e. The van der Waals surface area contributed by atoms with Crippen LogP contribution in [0, 0.1) is 5.92 Å². The molecule has 0 aromatic rings. The van der Waals surface area contributed by atoms with E-state index < -0.39 is 0 Å². The van der Waals surface area contributed by atoms with Gasteiger partial charge in [0, 0.05) is 26.6 Å². The number of piperidine rings is 1. The van der Waals surface area contributed by atoms with Crippen LogP contribution in [0.2, 0.25) is 0 Å². The van der Waals surface area contributed by atoms with Crippen molar-refractivity contribution in [1.82, 2.24) is 10.2 Å². The van der Waals surface area contributed by atoms with Gasteiger partial charge in [-0.3, -0.25) is 4.79 Å². The van der Waals surface area contributed by atoms with Gasteiger partial charge in [0.2, 0.25) is 5.91 Å². The van der Waals surface area contributed by atoms with Gasteiger partial charge in [0.1, 0.15) is 0 Å². The maximum Gasteiger partial charge on any atom is 0.221 e. The molecule has 0 radical (unpaired) electrons. The quantitative estimate of drug-likeness (QED) is 0.665. The second-order valence-corrected chi connectivity index (χ2v) is 4.06. The van der Waals surface area contributed by atoms with E-state index in [1.54, 1.807) is 7.05 Å². The van der Waals surface area contributed by atoms with Crippen molar-refractivity contribution in [2.75, 3.05) is 26.7 Å². The molecule has 2 unspecified atom stereocenters. The van der Waals surface area contributed by atoms with Crippen LogP contribution in [0.25, 0.3) is 0 Å². The molecule has 1 saturated heterocycles. The Morgan fingerprint density at radius 2 is 2.36 bits per heavy atom. The number of likely N-dealkylation sites (tertiary alicyclic amines) is 1. The van der Waals surface area contributed by atoms with Gasteiger partial charge in [0.25, 0.3) is 0 Å². The normalized spacial score (nSPS) is 28.8. The fraction of sp³-hybridized carbons (Fsp3) is 0.900. The Morgan fingerprint density at radius 1 is 1.64 bits per heavy atom. The van der Waals surface area contributed by atoms with Crippen molar-refractivity contribution < 1.29 is 9.90 Å². The Labute approximate surface area is 85.3 Å². The van der Waals surface area contributed by atoms with Crippen LogP contribution in [0.5, 0.6) is 0 Å². The van der Waals surface area contributed by atoms with Crippen molar-refractivity contribution in [3.05, 3.63) is 0 Å². The number of rotatable bonds is 3. The van der Waals surface area contributed by atoms with Crippen molar-refractivity contribution >= 4 is 5.91 Å². The van der Waals surface area contributed by atoms with Crippen molar-refractivity contribution in [2.45, 2.75) is 25.9 Å². The average Bonchev–Trinajstić information content (AvgIpc) is 2.19. The van der Waals surface area contributed by atoms with Crippen LogP contribution in [0.15, 0.2) is 0 Å².